The van der Waals surface area contributed by atoms with Crippen LogP contribution in [0.2, 0.25) is 0 Å². The minimum atomic E-state index is -2.17. The van der Waals surface area contributed by atoms with Crippen molar-refractivity contribution in [2.24, 2.45) is 0 Å². The zero-order valence-electron chi connectivity index (χ0n) is 7.74. The molecule has 0 spiro atoms. The van der Waals surface area contributed by atoms with Gasteiger partial charge in [0.2, 0.25) is 0 Å². The van der Waals surface area contributed by atoms with Crippen LogP contribution in [0.5, 0.6) is 0 Å². The minimum absolute atomic E-state index is 0.269. The fraction of sp³-hybridized carbons (Fsp3) is 0.111. The van der Waals surface area contributed by atoms with Crippen molar-refractivity contribution < 1.29 is 8.76 Å². The van der Waals surface area contributed by atoms with E-state index in [1.807, 2.05) is 0 Å². The monoisotopic (exact) mass is 211 g/mol. The molecule has 76 valence electrons. The number of hydrogen-bond donors (Lipinski definition) is 2. The molecule has 0 saturated heterocycles. The van der Waals surface area contributed by atoms with E-state index < -0.39 is 11.1 Å². The van der Waals surface area contributed by atoms with E-state index in [0.717, 1.165) is 5.69 Å². The molecule has 0 saturated carbocycles. The maximum atomic E-state index is 10.5. The van der Waals surface area contributed by atoms with E-state index in [2.05, 4.69) is 17.2 Å². The first-order valence-corrected chi connectivity index (χ1v) is 5.04. The molecular formula is C9H11N2O2S-. The van der Waals surface area contributed by atoms with Crippen LogP contribution >= 0.6 is 0 Å². The van der Waals surface area contributed by atoms with Crippen LogP contribution in [-0.2, 0) is 11.1 Å². The van der Waals surface area contributed by atoms with Crippen LogP contribution in [0.15, 0.2) is 41.6 Å². The zero-order chi connectivity index (χ0) is 10.6. The number of anilines is 1. The molecule has 1 unspecified atom stereocenters. The Morgan fingerprint density at radius 1 is 1.43 bits per heavy atom. The van der Waals surface area contributed by atoms with Gasteiger partial charge in [-0.1, -0.05) is 6.58 Å². The molecule has 0 radical (unpaired) electrons. The highest BCUT2D eigenvalue weighted by molar-refractivity contribution is 7.79. The second kappa shape index (κ2) is 4.78. The van der Waals surface area contributed by atoms with Crippen LogP contribution in [0.1, 0.15) is 0 Å². The Morgan fingerprint density at radius 3 is 2.43 bits per heavy atom. The summed E-state index contributed by atoms with van der Waals surface area (Å²) >= 11 is -2.17. The van der Waals surface area contributed by atoms with Crippen molar-refractivity contribution in [3.05, 3.63) is 36.7 Å². The molecule has 0 fully saturated rings. The smallest absolute Gasteiger partial charge is 0.0954 e. The largest absolute Gasteiger partial charge is 0.768 e. The molecule has 1 rings (SSSR count). The van der Waals surface area contributed by atoms with Crippen molar-refractivity contribution in [1.82, 2.24) is 5.32 Å². The highest BCUT2D eigenvalue weighted by atomic mass is 32.2. The Kier molecular flexibility index (Phi) is 3.67. The molecule has 14 heavy (non-hydrogen) atoms. The summed E-state index contributed by atoms with van der Waals surface area (Å²) in [4.78, 5) is 0.269. The Balaban J connectivity index is 2.73. The van der Waals surface area contributed by atoms with Crippen LogP contribution in [0.4, 0.5) is 5.69 Å². The molecule has 1 aromatic rings. The number of nitrogens with one attached hydrogen (secondary N) is 2. The van der Waals surface area contributed by atoms with Crippen molar-refractivity contribution in [2.75, 3.05) is 12.4 Å². The number of hydrogen-bond acceptors (Lipinski definition) is 4. The Hall–Kier alpha value is -1.33. The number of benzene rings is 1. The predicted molar refractivity (Wildman–Crippen MR) is 55.5 cm³/mol. The summed E-state index contributed by atoms with van der Waals surface area (Å²) in [5, 5.41) is 5.77. The van der Waals surface area contributed by atoms with E-state index in [4.69, 9.17) is 0 Å². The van der Waals surface area contributed by atoms with Crippen molar-refractivity contribution in [2.45, 2.75) is 4.90 Å². The molecule has 1 atom stereocenters. The Bertz CT molecular complexity index is 348. The summed E-state index contributed by atoms with van der Waals surface area (Å²) in [5.74, 6) is 0.654. The summed E-state index contributed by atoms with van der Waals surface area (Å²) in [7, 11) is 1.75. The van der Waals surface area contributed by atoms with Crippen LogP contribution in [0, 0.1) is 0 Å². The van der Waals surface area contributed by atoms with Gasteiger partial charge in [-0.05, 0) is 35.3 Å². The van der Waals surface area contributed by atoms with Crippen molar-refractivity contribution in [3.8, 4) is 0 Å². The van der Waals surface area contributed by atoms with E-state index >= 15 is 0 Å². The molecular weight excluding hydrogens is 200 g/mol. The average molecular weight is 211 g/mol. The summed E-state index contributed by atoms with van der Waals surface area (Å²) < 4.78 is 21.1. The standard InChI is InChI=1S/C9H12N2O2S/c1-7(10-2)11-8-3-5-9(6-4-8)14(12)13/h3-6,10-11H,1H2,2H3,(H,12,13)/p-1. The van der Waals surface area contributed by atoms with Crippen LogP contribution in [0.25, 0.3) is 0 Å². The first-order valence-electron chi connectivity index (χ1n) is 3.96. The maximum Gasteiger partial charge on any atom is 0.0954 e. The maximum absolute atomic E-state index is 10.5. The first kappa shape index (κ1) is 10.7. The fourth-order valence-electron chi connectivity index (χ4n) is 0.886. The topological polar surface area (TPSA) is 64.2 Å². The molecule has 5 heteroatoms. The van der Waals surface area contributed by atoms with Crippen LogP contribution in [0.3, 0.4) is 0 Å². The summed E-state index contributed by atoms with van der Waals surface area (Å²) in [6, 6.07) is 6.39. The van der Waals surface area contributed by atoms with Gasteiger partial charge in [0.1, 0.15) is 0 Å². The molecule has 0 aromatic heterocycles. The fourth-order valence-corrected chi connectivity index (χ4v) is 1.24. The molecule has 0 bridgehead atoms. The van der Waals surface area contributed by atoms with E-state index in [0.29, 0.717) is 5.82 Å². The SMILES string of the molecule is C=C(NC)Nc1ccc(S(=O)[O-])cc1. The van der Waals surface area contributed by atoms with Gasteiger partial charge in [0.25, 0.3) is 0 Å². The summed E-state index contributed by atoms with van der Waals surface area (Å²) in [6.07, 6.45) is 0. The van der Waals surface area contributed by atoms with Gasteiger partial charge >= 0.3 is 0 Å². The summed E-state index contributed by atoms with van der Waals surface area (Å²) in [5.41, 5.74) is 0.790. The highest BCUT2D eigenvalue weighted by Gasteiger charge is 1.94. The lowest BCUT2D eigenvalue weighted by atomic mass is 10.3. The molecule has 0 amide bonds. The van der Waals surface area contributed by atoms with Gasteiger partial charge in [-0.2, -0.15) is 0 Å². The van der Waals surface area contributed by atoms with Gasteiger partial charge in [-0.3, -0.25) is 4.21 Å². The van der Waals surface area contributed by atoms with Gasteiger partial charge in [0.15, 0.2) is 0 Å². The minimum Gasteiger partial charge on any atom is -0.768 e. The Labute approximate surface area is 85.3 Å². The van der Waals surface area contributed by atoms with Crippen LogP contribution in [-0.4, -0.2) is 15.8 Å². The molecule has 0 aliphatic rings. The van der Waals surface area contributed by atoms with Gasteiger partial charge in [-0.25, -0.2) is 0 Å². The van der Waals surface area contributed by atoms with E-state index in [9.17, 15) is 8.76 Å². The van der Waals surface area contributed by atoms with Gasteiger partial charge in [0.05, 0.1) is 5.82 Å². The summed E-state index contributed by atoms with van der Waals surface area (Å²) in [6.45, 7) is 3.68. The van der Waals surface area contributed by atoms with Crippen molar-refractivity contribution in [1.29, 1.82) is 0 Å². The molecule has 4 nitrogen and oxygen atoms in total. The van der Waals surface area contributed by atoms with Crippen molar-refractivity contribution >= 4 is 16.8 Å². The lowest BCUT2D eigenvalue weighted by molar-refractivity contribution is 0.537. The molecule has 1 aromatic carbocycles. The molecule has 0 aliphatic heterocycles. The third-order valence-electron chi connectivity index (χ3n) is 1.64. The van der Waals surface area contributed by atoms with Gasteiger partial charge in [-0.15, -0.1) is 0 Å². The third kappa shape index (κ3) is 2.86. The third-order valence-corrected chi connectivity index (χ3v) is 2.30. The quantitative estimate of drug-likeness (QED) is 0.730. The lowest BCUT2D eigenvalue weighted by Gasteiger charge is -2.10. The zero-order valence-corrected chi connectivity index (χ0v) is 8.56. The lowest BCUT2D eigenvalue weighted by Crippen LogP contribution is -2.12. The van der Waals surface area contributed by atoms with E-state index in [1.54, 1.807) is 19.2 Å². The highest BCUT2D eigenvalue weighted by Crippen LogP contribution is 2.12. The molecule has 0 aliphatic carbocycles. The van der Waals surface area contributed by atoms with Crippen LogP contribution < -0.4 is 10.6 Å². The van der Waals surface area contributed by atoms with Gasteiger partial charge in [0, 0.05) is 17.6 Å². The van der Waals surface area contributed by atoms with Gasteiger partial charge < -0.3 is 15.2 Å². The van der Waals surface area contributed by atoms with E-state index in [-0.39, 0.29) is 4.90 Å². The first-order chi connectivity index (χ1) is 6.63. The molecule has 2 N–H and O–H groups in total. The normalized spacial score (nSPS) is 11.9. The Morgan fingerprint density at radius 2 is 2.00 bits per heavy atom. The van der Waals surface area contributed by atoms with Crippen molar-refractivity contribution in [3.63, 3.8) is 0 Å². The molecule has 0 heterocycles. The average Bonchev–Trinajstić information content (AvgIpc) is 2.18. The number of rotatable bonds is 4. The van der Waals surface area contributed by atoms with E-state index in [1.165, 1.54) is 12.1 Å². The second-order valence-corrected chi connectivity index (χ2v) is 3.55. The predicted octanol–water partition coefficient (Wildman–Crippen LogP) is 1.03. The second-order valence-electron chi connectivity index (χ2n) is 2.61.